The molecule has 0 spiro atoms. The topological polar surface area (TPSA) is 66.0 Å². The fraction of sp³-hybridized carbons (Fsp3) is 0.579. The van der Waals surface area contributed by atoms with Crippen LogP contribution in [0.1, 0.15) is 25.3 Å². The van der Waals surface area contributed by atoms with Gasteiger partial charge in [-0.3, -0.25) is 4.79 Å². The van der Waals surface area contributed by atoms with Crippen LogP contribution in [-0.2, 0) is 14.9 Å². The Bertz CT molecular complexity index is 634. The van der Waals surface area contributed by atoms with E-state index in [1.54, 1.807) is 26.2 Å². The quantitative estimate of drug-likeness (QED) is 0.363. The number of carbonyl (C=O) groups is 1. The summed E-state index contributed by atoms with van der Waals surface area (Å²) in [5, 5.41) is 6.49. The lowest BCUT2D eigenvalue weighted by Gasteiger charge is -2.38. The molecule has 6 nitrogen and oxygen atoms in total. The molecule has 0 atom stereocenters. The van der Waals surface area contributed by atoms with Crippen molar-refractivity contribution in [1.29, 1.82) is 0 Å². The highest BCUT2D eigenvalue weighted by Gasteiger charge is 2.35. The molecule has 1 fully saturated rings. The number of rotatable bonds is 6. The molecule has 0 radical (unpaired) electrons. The summed E-state index contributed by atoms with van der Waals surface area (Å²) in [5.74, 6) is 0.295. The molecule has 27 heavy (non-hydrogen) atoms. The van der Waals surface area contributed by atoms with E-state index < -0.39 is 0 Å². The first kappa shape index (κ1) is 23.6. The van der Waals surface area contributed by atoms with Gasteiger partial charge in [0, 0.05) is 45.8 Å². The van der Waals surface area contributed by atoms with Crippen LogP contribution >= 0.6 is 24.0 Å². The fourth-order valence-corrected chi connectivity index (χ4v) is 3.03. The van der Waals surface area contributed by atoms with Gasteiger partial charge in [0.15, 0.2) is 5.96 Å². The summed E-state index contributed by atoms with van der Waals surface area (Å²) in [7, 11) is 3.42. The second-order valence-corrected chi connectivity index (χ2v) is 6.74. The lowest BCUT2D eigenvalue weighted by molar-refractivity contribution is -0.127. The van der Waals surface area contributed by atoms with E-state index in [1.807, 2.05) is 13.0 Å². The Morgan fingerprint density at radius 1 is 1.30 bits per heavy atom. The number of ether oxygens (including phenoxy) is 1. The van der Waals surface area contributed by atoms with Crippen molar-refractivity contribution in [3.8, 4) is 0 Å². The second kappa shape index (κ2) is 11.4. The van der Waals surface area contributed by atoms with E-state index in [0.29, 0.717) is 32.3 Å². The van der Waals surface area contributed by atoms with Gasteiger partial charge in [0.25, 0.3) is 0 Å². The van der Waals surface area contributed by atoms with Crippen LogP contribution in [0.2, 0.25) is 0 Å². The molecule has 1 aromatic carbocycles. The first-order valence-electron chi connectivity index (χ1n) is 9.03. The minimum Gasteiger partial charge on any atom is -0.381 e. The first-order valence-corrected chi connectivity index (χ1v) is 9.03. The van der Waals surface area contributed by atoms with Crippen LogP contribution in [-0.4, -0.2) is 63.7 Å². The summed E-state index contributed by atoms with van der Waals surface area (Å²) in [6.07, 6.45) is 1.61. The molecule has 1 aromatic rings. The SMILES string of the molecule is CCNC(=NCC(=O)N(C)C)NCC1(c2cccc(F)c2)CCOCC1.I. The molecular formula is C19H30FIN4O2. The zero-order valence-electron chi connectivity index (χ0n) is 16.3. The van der Waals surface area contributed by atoms with Crippen LogP contribution in [0, 0.1) is 5.82 Å². The zero-order valence-corrected chi connectivity index (χ0v) is 18.6. The van der Waals surface area contributed by atoms with E-state index in [1.165, 1.54) is 11.0 Å². The Hall–Kier alpha value is -1.42. The van der Waals surface area contributed by atoms with Gasteiger partial charge in [-0.25, -0.2) is 9.38 Å². The molecule has 152 valence electrons. The van der Waals surface area contributed by atoms with E-state index in [-0.39, 0.29) is 47.7 Å². The largest absolute Gasteiger partial charge is 0.381 e. The van der Waals surface area contributed by atoms with E-state index in [9.17, 15) is 9.18 Å². The van der Waals surface area contributed by atoms with E-state index in [4.69, 9.17) is 4.74 Å². The Morgan fingerprint density at radius 2 is 2.00 bits per heavy atom. The molecule has 2 N–H and O–H groups in total. The highest BCUT2D eigenvalue weighted by molar-refractivity contribution is 14.0. The Balaban J connectivity index is 0.00000364. The van der Waals surface area contributed by atoms with Gasteiger partial charge in [-0.15, -0.1) is 24.0 Å². The van der Waals surface area contributed by atoms with Gasteiger partial charge in [-0.05, 0) is 37.5 Å². The van der Waals surface area contributed by atoms with Crippen molar-refractivity contribution in [2.75, 3.05) is 46.9 Å². The Morgan fingerprint density at radius 3 is 2.59 bits per heavy atom. The van der Waals surface area contributed by atoms with Crippen molar-refractivity contribution >= 4 is 35.8 Å². The van der Waals surface area contributed by atoms with Gasteiger partial charge in [0.2, 0.25) is 5.91 Å². The maximum Gasteiger partial charge on any atom is 0.243 e. The molecule has 0 aromatic heterocycles. The van der Waals surface area contributed by atoms with E-state index in [0.717, 1.165) is 18.4 Å². The lowest BCUT2D eigenvalue weighted by atomic mass is 9.74. The molecule has 1 saturated heterocycles. The maximum atomic E-state index is 13.8. The van der Waals surface area contributed by atoms with Crippen LogP contribution in [0.3, 0.4) is 0 Å². The normalized spacial score (nSPS) is 16.2. The third-order valence-corrected chi connectivity index (χ3v) is 4.70. The molecule has 0 unspecified atom stereocenters. The van der Waals surface area contributed by atoms with Gasteiger partial charge in [-0.1, -0.05) is 12.1 Å². The summed E-state index contributed by atoms with van der Waals surface area (Å²) < 4.78 is 19.3. The van der Waals surface area contributed by atoms with Gasteiger partial charge >= 0.3 is 0 Å². The minimum absolute atomic E-state index is 0. The summed E-state index contributed by atoms with van der Waals surface area (Å²) in [5.41, 5.74) is 0.746. The number of nitrogens with zero attached hydrogens (tertiary/aromatic N) is 2. The lowest BCUT2D eigenvalue weighted by Crippen LogP contribution is -2.48. The molecule has 1 heterocycles. The van der Waals surface area contributed by atoms with Crippen molar-refractivity contribution in [3.63, 3.8) is 0 Å². The number of carbonyl (C=O) groups excluding carboxylic acids is 1. The summed E-state index contributed by atoms with van der Waals surface area (Å²) in [6, 6.07) is 6.78. The summed E-state index contributed by atoms with van der Waals surface area (Å²) in [6.45, 7) is 4.63. The smallest absolute Gasteiger partial charge is 0.243 e. The number of amides is 1. The van der Waals surface area contributed by atoms with E-state index in [2.05, 4.69) is 15.6 Å². The number of hydrogen-bond donors (Lipinski definition) is 2. The summed E-state index contributed by atoms with van der Waals surface area (Å²) >= 11 is 0. The third-order valence-electron chi connectivity index (χ3n) is 4.70. The number of aliphatic imine (C=N–C) groups is 1. The number of likely N-dealkylation sites (N-methyl/N-ethyl adjacent to an activating group) is 1. The fourth-order valence-electron chi connectivity index (χ4n) is 3.03. The number of nitrogens with one attached hydrogen (secondary N) is 2. The molecule has 1 amide bonds. The number of halogens is 2. The zero-order chi connectivity index (χ0) is 19.0. The van der Waals surface area contributed by atoms with Crippen LogP contribution in [0.25, 0.3) is 0 Å². The molecular weight excluding hydrogens is 462 g/mol. The van der Waals surface area contributed by atoms with Crippen molar-refractivity contribution < 1.29 is 13.9 Å². The van der Waals surface area contributed by atoms with Crippen LogP contribution in [0.15, 0.2) is 29.3 Å². The number of benzene rings is 1. The number of hydrogen-bond acceptors (Lipinski definition) is 3. The number of guanidine groups is 1. The predicted molar refractivity (Wildman–Crippen MR) is 116 cm³/mol. The average molecular weight is 492 g/mol. The highest BCUT2D eigenvalue weighted by atomic mass is 127. The predicted octanol–water partition coefficient (Wildman–Crippen LogP) is 2.14. The molecule has 1 aliphatic rings. The molecule has 0 saturated carbocycles. The average Bonchev–Trinajstić information content (AvgIpc) is 2.64. The van der Waals surface area contributed by atoms with Crippen molar-refractivity contribution in [1.82, 2.24) is 15.5 Å². The highest BCUT2D eigenvalue weighted by Crippen LogP contribution is 2.34. The monoisotopic (exact) mass is 492 g/mol. The van der Waals surface area contributed by atoms with Crippen molar-refractivity contribution in [3.05, 3.63) is 35.6 Å². The van der Waals surface area contributed by atoms with Crippen LogP contribution in [0.5, 0.6) is 0 Å². The van der Waals surface area contributed by atoms with Gasteiger partial charge < -0.3 is 20.3 Å². The Labute approximate surface area is 178 Å². The molecule has 1 aliphatic heterocycles. The van der Waals surface area contributed by atoms with Gasteiger partial charge in [0.05, 0.1) is 0 Å². The molecule has 2 rings (SSSR count). The van der Waals surface area contributed by atoms with Crippen LogP contribution < -0.4 is 10.6 Å². The standard InChI is InChI=1S/C19H29FN4O2.HI/c1-4-21-18(22-13-17(25)24(2)3)23-14-19(8-10-26-11-9-19)15-6-5-7-16(20)12-15;/h5-7,12H,4,8-11,13-14H2,1-3H3,(H2,21,22,23);1H. The Kier molecular flexibility index (Phi) is 10.00. The van der Waals surface area contributed by atoms with Crippen molar-refractivity contribution in [2.24, 2.45) is 4.99 Å². The third kappa shape index (κ3) is 6.91. The van der Waals surface area contributed by atoms with E-state index >= 15 is 0 Å². The molecule has 8 heteroatoms. The summed E-state index contributed by atoms with van der Waals surface area (Å²) in [4.78, 5) is 17.7. The van der Waals surface area contributed by atoms with Gasteiger partial charge in [0.1, 0.15) is 12.4 Å². The van der Waals surface area contributed by atoms with Crippen LogP contribution in [0.4, 0.5) is 4.39 Å². The van der Waals surface area contributed by atoms with Crippen molar-refractivity contribution in [2.45, 2.75) is 25.2 Å². The molecule has 0 aliphatic carbocycles. The first-order chi connectivity index (χ1) is 12.5. The maximum absolute atomic E-state index is 13.8. The minimum atomic E-state index is -0.231. The molecule has 0 bridgehead atoms. The second-order valence-electron chi connectivity index (χ2n) is 6.74. The van der Waals surface area contributed by atoms with Gasteiger partial charge in [-0.2, -0.15) is 0 Å².